The Hall–Kier alpha value is 0.300. The molecular weight excluding hydrogens is 262 g/mol. The van der Waals surface area contributed by atoms with Crippen LogP contribution >= 0.6 is 27.7 Å². The minimum Gasteiger partial charge on any atom is -0.338 e. The Morgan fingerprint density at radius 3 is 2.64 bits per heavy atom. The van der Waals surface area contributed by atoms with Crippen LogP contribution in [0.5, 0.6) is 0 Å². The van der Waals surface area contributed by atoms with Crippen LogP contribution in [0.15, 0.2) is 0 Å². The lowest BCUT2D eigenvalue weighted by atomic mass is 10.2. The van der Waals surface area contributed by atoms with E-state index in [1.54, 1.807) is 11.8 Å². The molecule has 14 heavy (non-hydrogen) atoms. The summed E-state index contributed by atoms with van der Waals surface area (Å²) in [6, 6.07) is 0.521. The van der Waals surface area contributed by atoms with Crippen LogP contribution in [-0.2, 0) is 4.79 Å². The second-order valence-electron chi connectivity index (χ2n) is 3.65. The van der Waals surface area contributed by atoms with Gasteiger partial charge in [0.25, 0.3) is 0 Å². The smallest absolute Gasteiger partial charge is 0.232 e. The number of halogens is 1. The van der Waals surface area contributed by atoms with Gasteiger partial charge in [-0.15, -0.1) is 0 Å². The zero-order valence-electron chi connectivity index (χ0n) is 8.67. The third kappa shape index (κ3) is 3.46. The van der Waals surface area contributed by atoms with E-state index in [0.717, 1.165) is 11.9 Å². The molecule has 0 saturated heterocycles. The van der Waals surface area contributed by atoms with Gasteiger partial charge >= 0.3 is 0 Å². The fourth-order valence-electron chi connectivity index (χ4n) is 2.02. The molecule has 0 radical (unpaired) electrons. The first kappa shape index (κ1) is 12.4. The zero-order valence-corrected chi connectivity index (χ0v) is 11.1. The van der Waals surface area contributed by atoms with Gasteiger partial charge in [0, 0.05) is 17.9 Å². The molecule has 0 N–H and O–H groups in total. The van der Waals surface area contributed by atoms with Gasteiger partial charge in [-0.2, -0.15) is 11.8 Å². The average molecular weight is 280 g/mol. The highest BCUT2D eigenvalue weighted by molar-refractivity contribution is 9.09. The molecule has 0 aliphatic heterocycles. The summed E-state index contributed by atoms with van der Waals surface area (Å²) < 4.78 is 0. The van der Waals surface area contributed by atoms with Gasteiger partial charge < -0.3 is 4.90 Å². The lowest BCUT2D eigenvalue weighted by Gasteiger charge is -2.28. The summed E-state index contributed by atoms with van der Waals surface area (Å²) in [7, 11) is 0. The zero-order chi connectivity index (χ0) is 10.4. The number of hydrogen-bond acceptors (Lipinski definition) is 2. The van der Waals surface area contributed by atoms with Crippen LogP contribution in [-0.4, -0.2) is 40.7 Å². The second-order valence-corrected chi connectivity index (χ2v) is 5.31. The summed E-state index contributed by atoms with van der Waals surface area (Å²) in [5.74, 6) is 0.938. The predicted molar refractivity (Wildman–Crippen MR) is 66.1 cm³/mol. The van der Waals surface area contributed by atoms with E-state index in [1.807, 2.05) is 6.26 Å². The molecule has 0 bridgehead atoms. The Balaban J connectivity index is 2.48. The molecule has 0 aromatic rings. The molecule has 1 aliphatic rings. The van der Waals surface area contributed by atoms with Crippen LogP contribution in [0.4, 0.5) is 0 Å². The lowest BCUT2D eigenvalue weighted by molar-refractivity contribution is -0.130. The molecule has 2 nitrogen and oxygen atoms in total. The number of amides is 1. The van der Waals surface area contributed by atoms with Crippen LogP contribution in [0.3, 0.4) is 0 Å². The van der Waals surface area contributed by atoms with E-state index >= 15 is 0 Å². The van der Waals surface area contributed by atoms with E-state index in [4.69, 9.17) is 0 Å². The highest BCUT2D eigenvalue weighted by Crippen LogP contribution is 2.24. The fourth-order valence-corrected chi connectivity index (χ4v) is 2.82. The van der Waals surface area contributed by atoms with E-state index in [2.05, 4.69) is 20.8 Å². The molecule has 0 atom stereocenters. The van der Waals surface area contributed by atoms with Gasteiger partial charge in [0.05, 0.1) is 5.75 Å². The molecule has 4 heteroatoms. The maximum absolute atomic E-state index is 11.8. The monoisotopic (exact) mass is 279 g/mol. The highest BCUT2D eigenvalue weighted by atomic mass is 79.9. The first-order chi connectivity index (χ1) is 6.79. The van der Waals surface area contributed by atoms with Gasteiger partial charge in [0.2, 0.25) is 5.91 Å². The van der Waals surface area contributed by atoms with Crippen LogP contribution in [0.25, 0.3) is 0 Å². The lowest BCUT2D eigenvalue weighted by Crippen LogP contribution is -2.41. The number of rotatable bonds is 5. The van der Waals surface area contributed by atoms with Crippen molar-refractivity contribution in [1.82, 2.24) is 4.90 Å². The van der Waals surface area contributed by atoms with Gasteiger partial charge in [-0.1, -0.05) is 28.8 Å². The predicted octanol–water partition coefficient (Wildman–Crippen LogP) is 2.52. The molecule has 1 saturated carbocycles. The van der Waals surface area contributed by atoms with Crippen LogP contribution in [0, 0.1) is 0 Å². The van der Waals surface area contributed by atoms with Crippen molar-refractivity contribution < 1.29 is 4.79 Å². The molecule has 0 aromatic heterocycles. The van der Waals surface area contributed by atoms with Gasteiger partial charge in [0.15, 0.2) is 0 Å². The molecule has 1 amide bonds. The number of hydrogen-bond donors (Lipinski definition) is 0. The Labute approximate surface area is 98.9 Å². The third-order valence-electron chi connectivity index (χ3n) is 2.68. The normalized spacial score (nSPS) is 17.3. The van der Waals surface area contributed by atoms with Gasteiger partial charge in [-0.05, 0) is 19.1 Å². The van der Waals surface area contributed by atoms with Crippen molar-refractivity contribution in [2.24, 2.45) is 0 Å². The fraction of sp³-hybridized carbons (Fsp3) is 0.900. The molecule has 0 spiro atoms. The minimum absolute atomic E-state index is 0.309. The molecule has 0 aromatic carbocycles. The molecular formula is C10H18BrNOS. The minimum atomic E-state index is 0.309. The summed E-state index contributed by atoms with van der Waals surface area (Å²) in [6.07, 6.45) is 6.96. The molecule has 0 unspecified atom stereocenters. The standard InChI is InChI=1S/C10H18BrNOS/c1-14-8-10(13)12(7-6-11)9-4-2-3-5-9/h9H,2-8H2,1H3. The van der Waals surface area contributed by atoms with Gasteiger partial charge in [0.1, 0.15) is 0 Å². The Morgan fingerprint density at radius 2 is 2.14 bits per heavy atom. The Bertz CT molecular complexity index is 183. The number of alkyl halides is 1. The molecule has 0 heterocycles. The quantitative estimate of drug-likeness (QED) is 0.721. The summed E-state index contributed by atoms with van der Waals surface area (Å²) in [5, 5.41) is 0.892. The molecule has 1 rings (SSSR count). The summed E-state index contributed by atoms with van der Waals surface area (Å²) in [5.41, 5.74) is 0. The average Bonchev–Trinajstić information content (AvgIpc) is 2.67. The van der Waals surface area contributed by atoms with E-state index in [-0.39, 0.29) is 0 Å². The van der Waals surface area contributed by atoms with Crippen molar-refractivity contribution >= 4 is 33.6 Å². The van der Waals surface area contributed by atoms with Crippen molar-refractivity contribution in [2.75, 3.05) is 23.9 Å². The van der Waals surface area contributed by atoms with E-state index in [1.165, 1.54) is 25.7 Å². The largest absolute Gasteiger partial charge is 0.338 e. The van der Waals surface area contributed by atoms with Gasteiger partial charge in [-0.25, -0.2) is 0 Å². The van der Waals surface area contributed by atoms with Crippen molar-refractivity contribution in [3.8, 4) is 0 Å². The van der Waals surface area contributed by atoms with Crippen molar-refractivity contribution in [1.29, 1.82) is 0 Å². The molecule has 1 aliphatic carbocycles. The summed E-state index contributed by atoms with van der Waals surface area (Å²) in [4.78, 5) is 13.9. The summed E-state index contributed by atoms with van der Waals surface area (Å²) >= 11 is 5.03. The van der Waals surface area contributed by atoms with E-state index in [0.29, 0.717) is 17.7 Å². The molecule has 82 valence electrons. The van der Waals surface area contributed by atoms with Crippen LogP contribution in [0.1, 0.15) is 25.7 Å². The van der Waals surface area contributed by atoms with Crippen LogP contribution < -0.4 is 0 Å². The highest BCUT2D eigenvalue weighted by Gasteiger charge is 2.25. The first-order valence-electron chi connectivity index (χ1n) is 5.14. The van der Waals surface area contributed by atoms with E-state index in [9.17, 15) is 4.79 Å². The second kappa shape index (κ2) is 6.72. The maximum atomic E-state index is 11.8. The number of thioether (sulfide) groups is 1. The number of nitrogens with zero attached hydrogens (tertiary/aromatic N) is 1. The summed E-state index contributed by atoms with van der Waals surface area (Å²) in [6.45, 7) is 0.865. The number of carbonyl (C=O) groups excluding carboxylic acids is 1. The van der Waals surface area contributed by atoms with Gasteiger partial charge in [-0.3, -0.25) is 4.79 Å². The SMILES string of the molecule is CSCC(=O)N(CCBr)C1CCCC1. The first-order valence-corrected chi connectivity index (χ1v) is 7.65. The van der Waals surface area contributed by atoms with Crippen molar-refractivity contribution in [3.63, 3.8) is 0 Å². The topological polar surface area (TPSA) is 20.3 Å². The van der Waals surface area contributed by atoms with E-state index < -0.39 is 0 Å². The Kier molecular flexibility index (Phi) is 5.94. The molecule has 1 fully saturated rings. The van der Waals surface area contributed by atoms with Crippen molar-refractivity contribution in [3.05, 3.63) is 0 Å². The maximum Gasteiger partial charge on any atom is 0.232 e. The van der Waals surface area contributed by atoms with Crippen molar-refractivity contribution in [2.45, 2.75) is 31.7 Å². The Morgan fingerprint density at radius 1 is 1.50 bits per heavy atom. The van der Waals surface area contributed by atoms with Crippen LogP contribution in [0.2, 0.25) is 0 Å². The third-order valence-corrected chi connectivity index (χ3v) is 3.57. The number of carbonyl (C=O) groups is 1.